The van der Waals surface area contributed by atoms with Crippen LogP contribution in [0.2, 0.25) is 0 Å². The fourth-order valence-electron chi connectivity index (χ4n) is 3.36. The Kier molecular flexibility index (Phi) is 6.92. The molecule has 9 heteroatoms. The molecule has 2 heterocycles. The molecule has 4 N–H and O–H groups in total. The van der Waals surface area contributed by atoms with Gasteiger partial charge in [-0.15, -0.1) is 0 Å². The second-order valence-corrected chi connectivity index (χ2v) is 9.79. The second kappa shape index (κ2) is 9.62. The lowest BCUT2D eigenvalue weighted by atomic mass is 9.96. The van der Waals surface area contributed by atoms with E-state index in [2.05, 4.69) is 22.2 Å². The van der Waals surface area contributed by atoms with Gasteiger partial charge in [-0.1, -0.05) is 18.2 Å². The van der Waals surface area contributed by atoms with E-state index in [1.165, 1.54) is 6.26 Å². The number of nitriles is 1. The van der Waals surface area contributed by atoms with Gasteiger partial charge in [-0.3, -0.25) is 0 Å². The summed E-state index contributed by atoms with van der Waals surface area (Å²) in [4.78, 5) is 3.99. The van der Waals surface area contributed by atoms with E-state index in [1.54, 1.807) is 23.1 Å². The molecule has 162 valence electrons. The molecule has 2 aromatic rings. The van der Waals surface area contributed by atoms with Crippen LogP contribution in [0.1, 0.15) is 25.7 Å². The van der Waals surface area contributed by atoms with Gasteiger partial charge in [0.25, 0.3) is 0 Å². The molecule has 0 saturated carbocycles. The summed E-state index contributed by atoms with van der Waals surface area (Å²) in [6.07, 6.45) is 17.1. The summed E-state index contributed by atoms with van der Waals surface area (Å²) in [6.45, 7) is 0. The second-order valence-electron chi connectivity index (χ2n) is 7.53. The van der Waals surface area contributed by atoms with Gasteiger partial charge in [0.05, 0.1) is 35.3 Å². The van der Waals surface area contributed by atoms with E-state index < -0.39 is 15.8 Å². The zero-order valence-corrected chi connectivity index (χ0v) is 18.2. The number of nitrogens with zero attached hydrogens (tertiary/aromatic N) is 4. The first-order chi connectivity index (χ1) is 14.8. The number of aromatic nitrogens is 3. The van der Waals surface area contributed by atoms with Gasteiger partial charge in [0.2, 0.25) is 0 Å². The Morgan fingerprint density at radius 2 is 2.03 bits per heavy atom. The molecule has 1 aliphatic rings. The van der Waals surface area contributed by atoms with E-state index in [-0.39, 0.29) is 18.0 Å². The molecule has 0 aliphatic heterocycles. The summed E-state index contributed by atoms with van der Waals surface area (Å²) in [6, 6.07) is 4.04. The standard InChI is InChI=1S/C22H26N6O2S/c1-31(29,30)12-10-17(13-23)16-5-3-2-4-6-19(8-7-16)28-15-18(14-27-28)20-9-11-26-22(25)21(20)24/h5-9,11,14-15,17H,2-4,10,12,24H2,1H3,(H2,25,26)/b8-7?,16-5?,19-6-. The van der Waals surface area contributed by atoms with Crippen LogP contribution in [0.3, 0.4) is 0 Å². The fourth-order valence-corrected chi connectivity index (χ4v) is 4.03. The average Bonchev–Trinajstić information content (AvgIpc) is 3.23. The van der Waals surface area contributed by atoms with E-state index in [0.717, 1.165) is 41.7 Å². The minimum atomic E-state index is -3.13. The fraction of sp³-hybridized carbons (Fsp3) is 0.318. The molecule has 0 saturated heterocycles. The highest BCUT2D eigenvalue weighted by molar-refractivity contribution is 7.90. The number of rotatable bonds is 6. The van der Waals surface area contributed by atoms with Crippen molar-refractivity contribution in [2.45, 2.75) is 25.7 Å². The number of nitrogen functional groups attached to an aromatic ring is 2. The molecule has 0 bridgehead atoms. The Balaban J connectivity index is 1.86. The number of nitrogens with two attached hydrogens (primary N) is 2. The van der Waals surface area contributed by atoms with E-state index in [0.29, 0.717) is 5.69 Å². The van der Waals surface area contributed by atoms with E-state index in [4.69, 9.17) is 11.5 Å². The molecule has 1 unspecified atom stereocenters. The van der Waals surface area contributed by atoms with Gasteiger partial charge in [-0.25, -0.2) is 18.1 Å². The Hall–Kier alpha value is -3.38. The van der Waals surface area contributed by atoms with Crippen molar-refractivity contribution >= 4 is 27.0 Å². The van der Waals surface area contributed by atoms with Gasteiger partial charge in [0.1, 0.15) is 15.7 Å². The third-order valence-corrected chi connectivity index (χ3v) is 6.08. The predicted octanol–water partition coefficient (Wildman–Crippen LogP) is 3.19. The van der Waals surface area contributed by atoms with Gasteiger partial charge >= 0.3 is 0 Å². The third kappa shape index (κ3) is 5.83. The summed E-state index contributed by atoms with van der Waals surface area (Å²) in [5.74, 6) is -0.214. The largest absolute Gasteiger partial charge is 0.395 e. The van der Waals surface area contributed by atoms with Crippen LogP contribution in [0.15, 0.2) is 54.5 Å². The first kappa shape index (κ1) is 22.3. The van der Waals surface area contributed by atoms with Crippen molar-refractivity contribution in [1.82, 2.24) is 14.8 Å². The topological polar surface area (TPSA) is 141 Å². The number of hydrogen-bond acceptors (Lipinski definition) is 7. The zero-order valence-electron chi connectivity index (χ0n) is 17.4. The summed E-state index contributed by atoms with van der Waals surface area (Å²) in [7, 11) is -3.13. The Bertz CT molecular complexity index is 1180. The molecular weight excluding hydrogens is 412 g/mol. The predicted molar refractivity (Wildman–Crippen MR) is 123 cm³/mol. The monoisotopic (exact) mass is 438 g/mol. The van der Waals surface area contributed by atoms with Crippen molar-refractivity contribution in [3.05, 3.63) is 54.5 Å². The summed E-state index contributed by atoms with van der Waals surface area (Å²) in [5, 5.41) is 14.1. The lowest BCUT2D eigenvalue weighted by Gasteiger charge is -2.10. The van der Waals surface area contributed by atoms with Gasteiger partial charge in [-0.05, 0) is 43.4 Å². The molecule has 8 nitrogen and oxygen atoms in total. The third-order valence-electron chi connectivity index (χ3n) is 5.10. The highest BCUT2D eigenvalue weighted by Gasteiger charge is 2.16. The Morgan fingerprint density at radius 1 is 1.26 bits per heavy atom. The number of anilines is 2. The Labute approximate surface area is 182 Å². The van der Waals surface area contributed by atoms with Crippen molar-refractivity contribution in [1.29, 1.82) is 5.26 Å². The highest BCUT2D eigenvalue weighted by Crippen LogP contribution is 2.29. The van der Waals surface area contributed by atoms with Gasteiger partial charge in [-0.2, -0.15) is 10.4 Å². The maximum Gasteiger partial charge on any atom is 0.147 e. The zero-order chi connectivity index (χ0) is 22.4. The van der Waals surface area contributed by atoms with E-state index in [1.807, 2.05) is 24.4 Å². The van der Waals surface area contributed by atoms with Crippen LogP contribution in [0.4, 0.5) is 11.5 Å². The quantitative estimate of drug-likeness (QED) is 0.705. The molecule has 1 aliphatic carbocycles. The van der Waals surface area contributed by atoms with Gasteiger partial charge < -0.3 is 11.5 Å². The maximum atomic E-state index is 11.5. The van der Waals surface area contributed by atoms with E-state index in [9.17, 15) is 13.7 Å². The SMILES string of the molecule is CS(=O)(=O)CCC(C#N)C1=CCCC/C=C(\n2cc(-c3ccnc(N)c3N)cn2)C=C1. The van der Waals surface area contributed by atoms with Crippen molar-refractivity contribution in [3.63, 3.8) is 0 Å². The van der Waals surface area contributed by atoms with Crippen molar-refractivity contribution < 1.29 is 8.42 Å². The molecule has 0 spiro atoms. The molecule has 0 fully saturated rings. The molecule has 2 aromatic heterocycles. The highest BCUT2D eigenvalue weighted by atomic mass is 32.2. The van der Waals surface area contributed by atoms with Gasteiger partial charge in [0, 0.05) is 29.8 Å². The van der Waals surface area contributed by atoms with Crippen molar-refractivity contribution in [3.8, 4) is 17.2 Å². The molecule has 1 atom stereocenters. The number of sulfone groups is 1. The smallest absolute Gasteiger partial charge is 0.147 e. The lowest BCUT2D eigenvalue weighted by Crippen LogP contribution is -2.10. The van der Waals surface area contributed by atoms with Crippen LogP contribution >= 0.6 is 0 Å². The minimum absolute atomic E-state index is 0.0158. The first-order valence-electron chi connectivity index (χ1n) is 9.99. The lowest BCUT2D eigenvalue weighted by molar-refractivity contribution is 0.595. The normalized spacial score (nSPS) is 17.4. The molecule has 0 amide bonds. The number of pyridine rings is 1. The van der Waals surface area contributed by atoms with E-state index >= 15 is 0 Å². The van der Waals surface area contributed by atoms with Crippen LogP contribution in [0.25, 0.3) is 16.8 Å². The summed E-state index contributed by atoms with van der Waals surface area (Å²) >= 11 is 0. The maximum absolute atomic E-state index is 11.5. The molecule has 31 heavy (non-hydrogen) atoms. The van der Waals surface area contributed by atoms with Crippen LogP contribution < -0.4 is 11.5 Å². The first-order valence-corrected chi connectivity index (χ1v) is 12.1. The average molecular weight is 439 g/mol. The molecule has 3 rings (SSSR count). The number of allylic oxidation sites excluding steroid dienone is 6. The van der Waals surface area contributed by atoms with Crippen molar-refractivity contribution in [2.75, 3.05) is 23.5 Å². The summed E-state index contributed by atoms with van der Waals surface area (Å²) in [5.41, 5.74) is 15.6. The van der Waals surface area contributed by atoms with Crippen LogP contribution in [-0.4, -0.2) is 35.2 Å². The van der Waals surface area contributed by atoms with Crippen LogP contribution in [0, 0.1) is 17.2 Å². The minimum Gasteiger partial charge on any atom is -0.395 e. The summed E-state index contributed by atoms with van der Waals surface area (Å²) < 4.78 is 24.8. The van der Waals surface area contributed by atoms with Crippen LogP contribution in [-0.2, 0) is 9.84 Å². The molecular formula is C22H26N6O2S. The molecule has 0 radical (unpaired) electrons. The Morgan fingerprint density at radius 3 is 2.77 bits per heavy atom. The molecule has 0 aromatic carbocycles. The van der Waals surface area contributed by atoms with Crippen molar-refractivity contribution in [2.24, 2.45) is 5.92 Å². The number of hydrogen-bond donors (Lipinski definition) is 2. The van der Waals surface area contributed by atoms with Crippen LogP contribution in [0.5, 0.6) is 0 Å². The van der Waals surface area contributed by atoms with Gasteiger partial charge in [0.15, 0.2) is 0 Å².